The summed E-state index contributed by atoms with van der Waals surface area (Å²) in [4.78, 5) is 0. The zero-order valence-electron chi connectivity index (χ0n) is 11.7. The Morgan fingerprint density at radius 1 is 1.24 bits per heavy atom. The number of ether oxygens (including phenoxy) is 1. The van der Waals surface area contributed by atoms with E-state index in [-0.39, 0.29) is 6.61 Å². The van der Waals surface area contributed by atoms with Crippen LogP contribution in [0, 0.1) is 0 Å². The van der Waals surface area contributed by atoms with Crippen LogP contribution >= 0.6 is 27.5 Å². The van der Waals surface area contributed by atoms with Crippen molar-refractivity contribution in [2.75, 3.05) is 19.0 Å². The van der Waals surface area contributed by atoms with E-state index in [9.17, 15) is 5.11 Å². The van der Waals surface area contributed by atoms with Crippen LogP contribution in [0.1, 0.15) is 11.1 Å². The second kappa shape index (κ2) is 7.69. The van der Waals surface area contributed by atoms with Gasteiger partial charge in [0.25, 0.3) is 0 Å². The van der Waals surface area contributed by atoms with E-state index in [4.69, 9.17) is 16.3 Å². The number of aliphatic hydroxyl groups excluding tert-OH is 1. The first-order valence-corrected chi connectivity index (χ1v) is 7.79. The van der Waals surface area contributed by atoms with Gasteiger partial charge in [-0.3, -0.25) is 0 Å². The number of halogens is 2. The van der Waals surface area contributed by atoms with Crippen molar-refractivity contribution in [2.45, 2.75) is 13.0 Å². The molecule has 0 aliphatic rings. The Labute approximate surface area is 138 Å². The van der Waals surface area contributed by atoms with Crippen LogP contribution in [0.5, 0.6) is 5.75 Å². The molecule has 0 heterocycles. The highest BCUT2D eigenvalue weighted by Crippen LogP contribution is 2.33. The molecule has 2 aromatic rings. The van der Waals surface area contributed by atoms with Crippen molar-refractivity contribution in [1.29, 1.82) is 0 Å². The van der Waals surface area contributed by atoms with Crippen LogP contribution in [-0.4, -0.2) is 18.8 Å². The molecule has 21 heavy (non-hydrogen) atoms. The molecule has 0 saturated carbocycles. The summed E-state index contributed by atoms with van der Waals surface area (Å²) < 4.78 is 6.91. The maximum atomic E-state index is 9.21. The van der Waals surface area contributed by atoms with Gasteiger partial charge >= 0.3 is 0 Å². The number of benzene rings is 2. The largest absolute Gasteiger partial charge is 0.486 e. The van der Waals surface area contributed by atoms with Crippen molar-refractivity contribution >= 4 is 33.2 Å². The molecule has 112 valence electrons. The topological polar surface area (TPSA) is 41.5 Å². The summed E-state index contributed by atoms with van der Waals surface area (Å²) in [6.07, 6.45) is 0.546. The lowest BCUT2D eigenvalue weighted by molar-refractivity contribution is 0.284. The van der Waals surface area contributed by atoms with E-state index in [2.05, 4.69) is 21.2 Å². The standard InChI is InChI=1S/C16H17BrClNO2/c1-19-15-9-13(17)8-12(6-7-20)16(15)21-10-11-2-4-14(18)5-3-11/h2-5,8-9,19-20H,6-7,10H2,1H3. The smallest absolute Gasteiger partial charge is 0.146 e. The minimum Gasteiger partial charge on any atom is -0.486 e. The number of hydrogen-bond acceptors (Lipinski definition) is 3. The molecule has 0 fully saturated rings. The summed E-state index contributed by atoms with van der Waals surface area (Å²) in [5.74, 6) is 0.768. The van der Waals surface area contributed by atoms with Gasteiger partial charge in [-0.1, -0.05) is 39.7 Å². The Bertz CT molecular complexity index is 602. The third-order valence-corrected chi connectivity index (χ3v) is 3.79. The molecule has 2 aromatic carbocycles. The third kappa shape index (κ3) is 4.37. The molecule has 0 unspecified atom stereocenters. The lowest BCUT2D eigenvalue weighted by Crippen LogP contribution is -2.04. The molecule has 0 aliphatic carbocycles. The van der Waals surface area contributed by atoms with Gasteiger partial charge in [0.15, 0.2) is 0 Å². The summed E-state index contributed by atoms with van der Waals surface area (Å²) in [6.45, 7) is 0.531. The molecule has 0 amide bonds. The lowest BCUT2D eigenvalue weighted by atomic mass is 10.1. The Kier molecular flexibility index (Phi) is 5.91. The second-order valence-corrected chi connectivity index (χ2v) is 5.93. The SMILES string of the molecule is CNc1cc(Br)cc(CCO)c1OCc1ccc(Cl)cc1. The van der Waals surface area contributed by atoms with Crippen LogP contribution in [0.15, 0.2) is 40.9 Å². The van der Waals surface area contributed by atoms with Gasteiger partial charge in [0.05, 0.1) is 5.69 Å². The number of rotatable bonds is 6. The summed E-state index contributed by atoms with van der Waals surface area (Å²) in [6, 6.07) is 11.5. The quantitative estimate of drug-likeness (QED) is 0.798. The molecule has 0 atom stereocenters. The number of anilines is 1. The second-order valence-electron chi connectivity index (χ2n) is 4.58. The summed E-state index contributed by atoms with van der Waals surface area (Å²) in [5, 5.41) is 13.0. The number of aliphatic hydroxyl groups is 1. The van der Waals surface area contributed by atoms with Crippen LogP contribution in [0.25, 0.3) is 0 Å². The van der Waals surface area contributed by atoms with Gasteiger partial charge in [0.1, 0.15) is 12.4 Å². The summed E-state index contributed by atoms with van der Waals surface area (Å²) in [5.41, 5.74) is 2.89. The molecule has 0 saturated heterocycles. The minimum atomic E-state index is 0.0803. The molecule has 0 bridgehead atoms. The average Bonchev–Trinajstić information content (AvgIpc) is 2.47. The Balaban J connectivity index is 2.22. The van der Waals surface area contributed by atoms with E-state index >= 15 is 0 Å². The first-order valence-electron chi connectivity index (χ1n) is 6.62. The van der Waals surface area contributed by atoms with Crippen molar-refractivity contribution in [3.63, 3.8) is 0 Å². The molecule has 3 nitrogen and oxygen atoms in total. The highest BCUT2D eigenvalue weighted by molar-refractivity contribution is 9.10. The van der Waals surface area contributed by atoms with Crippen molar-refractivity contribution in [3.05, 3.63) is 57.0 Å². The van der Waals surface area contributed by atoms with Gasteiger partial charge in [-0.25, -0.2) is 0 Å². The van der Waals surface area contributed by atoms with E-state index in [0.717, 1.165) is 27.0 Å². The zero-order chi connectivity index (χ0) is 15.2. The normalized spacial score (nSPS) is 10.5. The Morgan fingerprint density at radius 3 is 2.57 bits per heavy atom. The Hall–Kier alpha value is -1.23. The fraction of sp³-hybridized carbons (Fsp3) is 0.250. The Morgan fingerprint density at radius 2 is 1.95 bits per heavy atom. The lowest BCUT2D eigenvalue weighted by Gasteiger charge is -2.16. The molecule has 0 radical (unpaired) electrons. The molecule has 0 aromatic heterocycles. The van der Waals surface area contributed by atoms with Crippen LogP contribution in [0.2, 0.25) is 5.02 Å². The first kappa shape index (κ1) is 16.1. The zero-order valence-corrected chi connectivity index (χ0v) is 14.0. The van der Waals surface area contributed by atoms with Gasteiger partial charge in [0.2, 0.25) is 0 Å². The fourth-order valence-corrected chi connectivity index (χ4v) is 2.68. The monoisotopic (exact) mass is 369 g/mol. The average molecular weight is 371 g/mol. The predicted octanol–water partition coefficient (Wildman–Crippen LogP) is 4.26. The number of hydrogen-bond donors (Lipinski definition) is 2. The van der Waals surface area contributed by atoms with E-state index in [1.54, 1.807) is 0 Å². The van der Waals surface area contributed by atoms with Crippen molar-refractivity contribution in [3.8, 4) is 5.75 Å². The van der Waals surface area contributed by atoms with E-state index in [1.165, 1.54) is 0 Å². The maximum Gasteiger partial charge on any atom is 0.146 e. The van der Waals surface area contributed by atoms with Crippen molar-refractivity contribution < 1.29 is 9.84 Å². The van der Waals surface area contributed by atoms with Crippen LogP contribution < -0.4 is 10.1 Å². The molecule has 5 heteroatoms. The van der Waals surface area contributed by atoms with Gasteiger partial charge in [-0.05, 0) is 41.8 Å². The van der Waals surface area contributed by atoms with E-state index < -0.39 is 0 Å². The number of nitrogens with one attached hydrogen (secondary N) is 1. The molecular weight excluding hydrogens is 354 g/mol. The minimum absolute atomic E-state index is 0.0803. The van der Waals surface area contributed by atoms with Crippen molar-refractivity contribution in [1.82, 2.24) is 0 Å². The maximum absolute atomic E-state index is 9.21. The third-order valence-electron chi connectivity index (χ3n) is 3.08. The van der Waals surface area contributed by atoms with E-state index in [0.29, 0.717) is 18.1 Å². The van der Waals surface area contributed by atoms with Crippen molar-refractivity contribution in [2.24, 2.45) is 0 Å². The highest BCUT2D eigenvalue weighted by Gasteiger charge is 2.11. The van der Waals surface area contributed by atoms with Gasteiger partial charge in [-0.15, -0.1) is 0 Å². The van der Waals surface area contributed by atoms with Gasteiger partial charge < -0.3 is 15.2 Å². The van der Waals surface area contributed by atoms with Gasteiger partial charge in [0, 0.05) is 23.1 Å². The molecule has 2 rings (SSSR count). The van der Waals surface area contributed by atoms with E-state index in [1.807, 2.05) is 43.4 Å². The van der Waals surface area contributed by atoms with Crippen LogP contribution in [0.3, 0.4) is 0 Å². The van der Waals surface area contributed by atoms with Crippen LogP contribution in [0.4, 0.5) is 5.69 Å². The molecule has 0 spiro atoms. The first-order chi connectivity index (χ1) is 10.1. The molecule has 2 N–H and O–H groups in total. The predicted molar refractivity (Wildman–Crippen MR) is 90.3 cm³/mol. The summed E-state index contributed by atoms with van der Waals surface area (Å²) in [7, 11) is 1.85. The fourth-order valence-electron chi connectivity index (χ4n) is 2.05. The highest BCUT2D eigenvalue weighted by atomic mass is 79.9. The van der Waals surface area contributed by atoms with Crippen LogP contribution in [-0.2, 0) is 13.0 Å². The molecular formula is C16H17BrClNO2. The summed E-state index contributed by atoms with van der Waals surface area (Å²) >= 11 is 9.35. The van der Waals surface area contributed by atoms with Gasteiger partial charge in [-0.2, -0.15) is 0 Å². The molecule has 0 aliphatic heterocycles.